The normalized spacial score (nSPS) is 23.7. The van der Waals surface area contributed by atoms with Gasteiger partial charge in [0.2, 0.25) is 5.28 Å². The molecule has 0 amide bonds. The highest BCUT2D eigenvalue weighted by Gasteiger charge is 2.23. The van der Waals surface area contributed by atoms with Gasteiger partial charge < -0.3 is 10.4 Å². The summed E-state index contributed by atoms with van der Waals surface area (Å²) in [5.41, 5.74) is 0.872. The molecule has 0 aromatic carbocycles. The average molecular weight is 298 g/mol. The Morgan fingerprint density at radius 3 is 3.05 bits per heavy atom. The fourth-order valence-corrected chi connectivity index (χ4v) is 3.58. The number of anilines is 1. The highest BCUT2D eigenvalue weighted by molar-refractivity contribution is 7.17. The predicted octanol–water partition coefficient (Wildman–Crippen LogP) is 3.31. The Morgan fingerprint density at radius 2 is 2.21 bits per heavy atom. The number of hydrogen-bond donors (Lipinski definition) is 2. The summed E-state index contributed by atoms with van der Waals surface area (Å²) in [4.78, 5) is 8.44. The van der Waals surface area contributed by atoms with Gasteiger partial charge in [-0.2, -0.15) is 4.98 Å². The fourth-order valence-electron chi connectivity index (χ4n) is 2.61. The largest absolute Gasteiger partial charge is 0.393 e. The van der Waals surface area contributed by atoms with Crippen LogP contribution in [0.25, 0.3) is 10.2 Å². The summed E-state index contributed by atoms with van der Waals surface area (Å²) in [7, 11) is 0. The Kier molecular flexibility index (Phi) is 3.86. The molecule has 0 spiro atoms. The van der Waals surface area contributed by atoms with Gasteiger partial charge in [0.25, 0.3) is 0 Å². The lowest BCUT2D eigenvalue weighted by Crippen LogP contribution is -2.30. The van der Waals surface area contributed by atoms with Crippen molar-refractivity contribution in [3.63, 3.8) is 0 Å². The summed E-state index contributed by atoms with van der Waals surface area (Å²) in [6.45, 7) is 0.738. The van der Waals surface area contributed by atoms with E-state index in [9.17, 15) is 5.11 Å². The molecular formula is C13H16ClN3OS. The third-order valence-electron chi connectivity index (χ3n) is 3.68. The monoisotopic (exact) mass is 297 g/mol. The summed E-state index contributed by atoms with van der Waals surface area (Å²) < 4.78 is 1.02. The molecule has 2 unspecified atom stereocenters. The summed E-state index contributed by atoms with van der Waals surface area (Å²) in [6.07, 6.45) is 4.11. The Hall–Kier alpha value is -0.910. The van der Waals surface area contributed by atoms with Crippen LogP contribution in [0.2, 0.25) is 5.28 Å². The third-order valence-corrected chi connectivity index (χ3v) is 4.76. The van der Waals surface area contributed by atoms with Crippen LogP contribution >= 0.6 is 22.9 Å². The molecule has 2 aromatic rings. The van der Waals surface area contributed by atoms with Crippen molar-refractivity contribution in [1.29, 1.82) is 0 Å². The van der Waals surface area contributed by atoms with Crippen molar-refractivity contribution in [2.24, 2.45) is 5.92 Å². The van der Waals surface area contributed by atoms with E-state index >= 15 is 0 Å². The molecule has 6 heteroatoms. The van der Waals surface area contributed by atoms with Crippen molar-refractivity contribution in [2.45, 2.75) is 31.8 Å². The molecular weight excluding hydrogens is 282 g/mol. The second kappa shape index (κ2) is 5.61. The Morgan fingerprint density at radius 1 is 1.37 bits per heavy atom. The fraction of sp³-hybridized carbons (Fsp3) is 0.538. The molecule has 2 atom stereocenters. The molecule has 2 aromatic heterocycles. The van der Waals surface area contributed by atoms with E-state index in [4.69, 9.17) is 11.6 Å². The number of nitrogens with zero attached hydrogens (tertiary/aromatic N) is 2. The van der Waals surface area contributed by atoms with Gasteiger partial charge in [0.05, 0.1) is 16.3 Å². The topological polar surface area (TPSA) is 58.0 Å². The molecule has 0 radical (unpaired) electrons. The lowest BCUT2D eigenvalue weighted by Gasteiger charge is -2.27. The maximum atomic E-state index is 9.98. The zero-order valence-electron chi connectivity index (χ0n) is 10.5. The molecule has 1 aliphatic rings. The predicted molar refractivity (Wildman–Crippen MR) is 78.9 cm³/mol. The van der Waals surface area contributed by atoms with Crippen LogP contribution in [0.15, 0.2) is 11.4 Å². The third kappa shape index (κ3) is 2.83. The molecule has 1 aliphatic carbocycles. The van der Waals surface area contributed by atoms with Crippen molar-refractivity contribution in [1.82, 2.24) is 9.97 Å². The van der Waals surface area contributed by atoms with E-state index in [0.717, 1.165) is 41.8 Å². The van der Waals surface area contributed by atoms with E-state index in [2.05, 4.69) is 15.3 Å². The quantitative estimate of drug-likeness (QED) is 0.854. The highest BCUT2D eigenvalue weighted by Crippen LogP contribution is 2.29. The number of aliphatic hydroxyl groups excluding tert-OH is 1. The highest BCUT2D eigenvalue weighted by atomic mass is 35.5. The van der Waals surface area contributed by atoms with Gasteiger partial charge in [0.1, 0.15) is 5.82 Å². The summed E-state index contributed by atoms with van der Waals surface area (Å²) in [5, 5.41) is 15.6. The number of fused-ring (bicyclic) bond motifs is 1. The van der Waals surface area contributed by atoms with Gasteiger partial charge in [-0.15, -0.1) is 11.3 Å². The molecule has 102 valence electrons. The summed E-state index contributed by atoms with van der Waals surface area (Å²) in [5.74, 6) is 1.08. The Bertz CT molecular complexity index is 574. The summed E-state index contributed by atoms with van der Waals surface area (Å²) in [6, 6.07) is 1.94. The first-order chi connectivity index (χ1) is 9.24. The second-order valence-electron chi connectivity index (χ2n) is 4.97. The van der Waals surface area contributed by atoms with Gasteiger partial charge >= 0.3 is 0 Å². The average Bonchev–Trinajstić information content (AvgIpc) is 2.85. The van der Waals surface area contributed by atoms with Gasteiger partial charge in [-0.05, 0) is 35.9 Å². The van der Waals surface area contributed by atoms with Crippen LogP contribution in [0.1, 0.15) is 25.7 Å². The molecule has 0 saturated heterocycles. The second-order valence-corrected chi connectivity index (χ2v) is 6.22. The van der Waals surface area contributed by atoms with E-state index < -0.39 is 0 Å². The molecule has 2 N–H and O–H groups in total. The zero-order valence-corrected chi connectivity index (χ0v) is 12.0. The smallest absolute Gasteiger partial charge is 0.224 e. The lowest BCUT2D eigenvalue weighted by atomic mass is 9.86. The summed E-state index contributed by atoms with van der Waals surface area (Å²) >= 11 is 7.53. The van der Waals surface area contributed by atoms with Crippen LogP contribution in [0.4, 0.5) is 5.82 Å². The lowest BCUT2D eigenvalue weighted by molar-refractivity contribution is 0.0763. The molecule has 0 aliphatic heterocycles. The van der Waals surface area contributed by atoms with Crippen molar-refractivity contribution < 1.29 is 5.11 Å². The number of hydrogen-bond acceptors (Lipinski definition) is 5. The molecule has 1 saturated carbocycles. The van der Waals surface area contributed by atoms with Gasteiger partial charge in [-0.3, -0.25) is 0 Å². The van der Waals surface area contributed by atoms with Gasteiger partial charge in [-0.1, -0.05) is 12.8 Å². The Labute approximate surface area is 120 Å². The molecule has 0 bridgehead atoms. The number of halogens is 1. The number of aromatic nitrogens is 2. The number of aliphatic hydroxyl groups is 1. The molecule has 1 fully saturated rings. The molecule has 3 rings (SSSR count). The van der Waals surface area contributed by atoms with Gasteiger partial charge in [-0.25, -0.2) is 4.98 Å². The SMILES string of the molecule is OC1CCCCC1CNc1nc(Cl)nc2ccsc12. The van der Waals surface area contributed by atoms with Crippen LogP contribution in [0.5, 0.6) is 0 Å². The van der Waals surface area contributed by atoms with Crippen molar-refractivity contribution >= 4 is 39.0 Å². The minimum absolute atomic E-state index is 0.197. The van der Waals surface area contributed by atoms with E-state index in [1.54, 1.807) is 11.3 Å². The first-order valence-electron chi connectivity index (χ1n) is 6.57. The van der Waals surface area contributed by atoms with Crippen molar-refractivity contribution in [3.05, 3.63) is 16.7 Å². The van der Waals surface area contributed by atoms with Crippen LogP contribution in [-0.4, -0.2) is 27.7 Å². The standard InChI is InChI=1S/C13H16ClN3OS/c14-13-16-9-5-6-19-11(9)12(17-13)15-7-8-3-1-2-4-10(8)18/h5-6,8,10,18H,1-4,7H2,(H,15,16,17). The van der Waals surface area contributed by atoms with Crippen LogP contribution in [0, 0.1) is 5.92 Å². The zero-order chi connectivity index (χ0) is 13.2. The first-order valence-corrected chi connectivity index (χ1v) is 7.82. The first kappa shape index (κ1) is 13.1. The van der Waals surface area contributed by atoms with E-state index in [-0.39, 0.29) is 11.4 Å². The van der Waals surface area contributed by atoms with Crippen LogP contribution in [-0.2, 0) is 0 Å². The number of thiophene rings is 1. The van der Waals surface area contributed by atoms with Gasteiger partial charge in [0, 0.05) is 12.5 Å². The minimum Gasteiger partial charge on any atom is -0.393 e. The van der Waals surface area contributed by atoms with E-state index in [0.29, 0.717) is 5.92 Å². The number of nitrogens with one attached hydrogen (secondary N) is 1. The number of rotatable bonds is 3. The van der Waals surface area contributed by atoms with E-state index in [1.807, 2.05) is 11.4 Å². The maximum absolute atomic E-state index is 9.98. The Balaban J connectivity index is 1.75. The molecule has 2 heterocycles. The molecule has 19 heavy (non-hydrogen) atoms. The van der Waals surface area contributed by atoms with Crippen molar-refractivity contribution in [2.75, 3.05) is 11.9 Å². The van der Waals surface area contributed by atoms with E-state index in [1.165, 1.54) is 6.42 Å². The van der Waals surface area contributed by atoms with Crippen LogP contribution in [0.3, 0.4) is 0 Å². The molecule has 4 nitrogen and oxygen atoms in total. The minimum atomic E-state index is -0.197. The van der Waals surface area contributed by atoms with Crippen LogP contribution < -0.4 is 5.32 Å². The van der Waals surface area contributed by atoms with Gasteiger partial charge in [0.15, 0.2) is 0 Å². The van der Waals surface area contributed by atoms with Crippen molar-refractivity contribution in [3.8, 4) is 0 Å². The maximum Gasteiger partial charge on any atom is 0.224 e.